The second-order valence-corrected chi connectivity index (χ2v) is 9.07. The van der Waals surface area contributed by atoms with E-state index in [1.165, 1.54) is 19.3 Å². The predicted octanol–water partition coefficient (Wildman–Crippen LogP) is 2.31. The van der Waals surface area contributed by atoms with E-state index in [0.29, 0.717) is 18.3 Å². The van der Waals surface area contributed by atoms with Crippen LogP contribution in [-0.4, -0.2) is 35.2 Å². The molecule has 5 nitrogen and oxygen atoms in total. The van der Waals surface area contributed by atoms with Crippen LogP contribution in [-0.2, 0) is 14.3 Å². The predicted molar refractivity (Wildman–Crippen MR) is 88.0 cm³/mol. The zero-order valence-electron chi connectivity index (χ0n) is 14.4. The molecule has 0 spiro atoms. The Morgan fingerprint density at radius 1 is 1.08 bits per heavy atom. The average molecular weight is 335 g/mol. The summed E-state index contributed by atoms with van der Waals surface area (Å²) in [4.78, 5) is 24.2. The molecule has 0 aromatic heterocycles. The van der Waals surface area contributed by atoms with Crippen LogP contribution in [0.5, 0.6) is 0 Å². The zero-order chi connectivity index (χ0) is 16.8. The van der Waals surface area contributed by atoms with Gasteiger partial charge in [0.15, 0.2) is 6.61 Å². The van der Waals surface area contributed by atoms with Gasteiger partial charge in [0.05, 0.1) is 12.0 Å². The summed E-state index contributed by atoms with van der Waals surface area (Å²) in [5, 5.41) is 13.7. The molecule has 0 aromatic carbocycles. The fraction of sp³-hybridized carbons (Fsp3) is 0.895. The molecule has 4 bridgehead atoms. The van der Waals surface area contributed by atoms with Crippen molar-refractivity contribution in [2.24, 2.45) is 17.3 Å². The maximum absolute atomic E-state index is 12.3. The third kappa shape index (κ3) is 3.32. The van der Waals surface area contributed by atoms with Gasteiger partial charge in [0.25, 0.3) is 5.91 Å². The third-order valence-electron chi connectivity index (χ3n) is 6.76. The van der Waals surface area contributed by atoms with E-state index >= 15 is 0 Å². The number of hydrogen-bond acceptors (Lipinski definition) is 4. The van der Waals surface area contributed by atoms with Crippen molar-refractivity contribution in [2.45, 2.75) is 82.3 Å². The molecule has 24 heavy (non-hydrogen) atoms. The van der Waals surface area contributed by atoms with E-state index in [2.05, 4.69) is 5.32 Å². The second kappa shape index (κ2) is 6.01. The molecule has 1 amide bonds. The summed E-state index contributed by atoms with van der Waals surface area (Å²) in [6.07, 6.45) is 10.6. The molecule has 5 aliphatic carbocycles. The van der Waals surface area contributed by atoms with Crippen molar-refractivity contribution in [3.8, 4) is 0 Å². The molecule has 2 N–H and O–H groups in total. The topological polar surface area (TPSA) is 75.6 Å². The second-order valence-electron chi connectivity index (χ2n) is 9.07. The van der Waals surface area contributed by atoms with Crippen LogP contribution < -0.4 is 5.32 Å². The summed E-state index contributed by atoms with van der Waals surface area (Å²) in [6, 6.07) is 0.258. The Morgan fingerprint density at radius 3 is 2.38 bits per heavy atom. The standard InChI is InChI=1S/C19H29NO4/c21-16(20-15-3-1-2-4-15)11-24-17(22)10-18-6-13-5-14(7-18)9-19(23,8-13)12-18/h13-15,23H,1-12H2,(H,20,21)/t13-,14+,18?,19?. The van der Waals surface area contributed by atoms with Crippen molar-refractivity contribution in [1.29, 1.82) is 0 Å². The molecule has 0 saturated heterocycles. The van der Waals surface area contributed by atoms with E-state index in [9.17, 15) is 14.7 Å². The van der Waals surface area contributed by atoms with Gasteiger partial charge in [-0.25, -0.2) is 0 Å². The average Bonchev–Trinajstić information content (AvgIpc) is 2.94. The van der Waals surface area contributed by atoms with Crippen molar-refractivity contribution < 1.29 is 19.4 Å². The van der Waals surface area contributed by atoms with Crippen LogP contribution in [0.3, 0.4) is 0 Å². The van der Waals surface area contributed by atoms with E-state index in [1.807, 2.05) is 0 Å². The van der Waals surface area contributed by atoms with Gasteiger partial charge in [-0.05, 0) is 68.6 Å². The van der Waals surface area contributed by atoms with Gasteiger partial charge in [-0.3, -0.25) is 9.59 Å². The molecule has 5 rings (SSSR count). The molecule has 2 unspecified atom stereocenters. The number of amides is 1. The Kier molecular flexibility index (Phi) is 4.10. The van der Waals surface area contributed by atoms with Gasteiger partial charge in [-0.2, -0.15) is 0 Å². The van der Waals surface area contributed by atoms with Crippen LogP contribution in [0.4, 0.5) is 0 Å². The molecule has 5 aliphatic rings. The van der Waals surface area contributed by atoms with E-state index in [-0.39, 0.29) is 29.9 Å². The van der Waals surface area contributed by atoms with Gasteiger partial charge < -0.3 is 15.2 Å². The number of ether oxygens (including phenoxy) is 1. The lowest BCUT2D eigenvalue weighted by Gasteiger charge is -2.60. The summed E-state index contributed by atoms with van der Waals surface area (Å²) in [6.45, 7) is -0.164. The molecule has 5 fully saturated rings. The molecule has 5 saturated carbocycles. The smallest absolute Gasteiger partial charge is 0.306 e. The first kappa shape index (κ1) is 16.4. The van der Waals surface area contributed by atoms with Crippen LogP contribution in [0.15, 0.2) is 0 Å². The van der Waals surface area contributed by atoms with E-state index < -0.39 is 5.60 Å². The van der Waals surface area contributed by atoms with Crippen molar-refractivity contribution in [3.63, 3.8) is 0 Å². The Bertz CT molecular complexity index is 511. The third-order valence-corrected chi connectivity index (χ3v) is 6.76. The van der Waals surface area contributed by atoms with Gasteiger partial charge >= 0.3 is 5.97 Å². The number of carbonyl (C=O) groups excluding carboxylic acids is 2. The Morgan fingerprint density at radius 2 is 1.75 bits per heavy atom. The maximum Gasteiger partial charge on any atom is 0.306 e. The minimum Gasteiger partial charge on any atom is -0.456 e. The lowest BCUT2D eigenvalue weighted by molar-refractivity contribution is -0.177. The maximum atomic E-state index is 12.3. The lowest BCUT2D eigenvalue weighted by Crippen LogP contribution is -2.56. The van der Waals surface area contributed by atoms with Crippen LogP contribution in [0.1, 0.15) is 70.6 Å². The van der Waals surface area contributed by atoms with Gasteiger partial charge in [0.2, 0.25) is 0 Å². The molecule has 0 aromatic rings. The van der Waals surface area contributed by atoms with Gasteiger partial charge in [0, 0.05) is 6.04 Å². The molecule has 5 heteroatoms. The van der Waals surface area contributed by atoms with Crippen LogP contribution in [0.25, 0.3) is 0 Å². The minimum atomic E-state index is -0.551. The number of nitrogens with one attached hydrogen (secondary N) is 1. The number of carbonyl (C=O) groups is 2. The molecule has 134 valence electrons. The highest BCUT2D eigenvalue weighted by atomic mass is 16.5. The largest absolute Gasteiger partial charge is 0.456 e. The van der Waals surface area contributed by atoms with Crippen molar-refractivity contribution in [2.75, 3.05) is 6.61 Å². The fourth-order valence-electron chi connectivity index (χ4n) is 6.45. The normalized spacial score (nSPS) is 40.7. The molecule has 4 atom stereocenters. The molecular weight excluding hydrogens is 306 g/mol. The molecular formula is C19H29NO4. The van der Waals surface area contributed by atoms with Gasteiger partial charge in [-0.1, -0.05) is 12.8 Å². The van der Waals surface area contributed by atoms with Crippen LogP contribution >= 0.6 is 0 Å². The Balaban J connectivity index is 1.27. The zero-order valence-corrected chi connectivity index (χ0v) is 14.4. The lowest BCUT2D eigenvalue weighted by atomic mass is 9.47. The molecule has 0 radical (unpaired) electrons. The molecule has 0 heterocycles. The summed E-state index contributed by atoms with van der Waals surface area (Å²) in [5.41, 5.74) is -0.637. The number of hydrogen-bond donors (Lipinski definition) is 2. The highest BCUT2D eigenvalue weighted by molar-refractivity contribution is 5.81. The monoisotopic (exact) mass is 335 g/mol. The van der Waals surface area contributed by atoms with Gasteiger partial charge in [-0.15, -0.1) is 0 Å². The highest BCUT2D eigenvalue weighted by Crippen LogP contribution is 2.62. The highest BCUT2D eigenvalue weighted by Gasteiger charge is 2.57. The van der Waals surface area contributed by atoms with Gasteiger partial charge in [0.1, 0.15) is 0 Å². The quantitative estimate of drug-likeness (QED) is 0.756. The minimum absolute atomic E-state index is 0.0855. The number of esters is 1. The van der Waals surface area contributed by atoms with Crippen LogP contribution in [0.2, 0.25) is 0 Å². The van der Waals surface area contributed by atoms with Crippen molar-refractivity contribution in [3.05, 3.63) is 0 Å². The Hall–Kier alpha value is -1.10. The van der Waals surface area contributed by atoms with Crippen LogP contribution in [0, 0.1) is 17.3 Å². The Labute approximate surface area is 143 Å². The summed E-state index contributed by atoms with van der Waals surface area (Å²) in [7, 11) is 0. The number of rotatable bonds is 5. The SMILES string of the molecule is O=C(COC(=O)CC12C[C@@H]3C[C@@H](CC(O)(C3)C1)C2)NC1CCCC1. The van der Waals surface area contributed by atoms with E-state index in [4.69, 9.17) is 4.74 Å². The van der Waals surface area contributed by atoms with E-state index in [0.717, 1.165) is 44.9 Å². The summed E-state index contributed by atoms with van der Waals surface area (Å²) < 4.78 is 5.25. The first-order chi connectivity index (χ1) is 11.4. The van der Waals surface area contributed by atoms with Crippen molar-refractivity contribution in [1.82, 2.24) is 5.32 Å². The molecule has 0 aliphatic heterocycles. The first-order valence-corrected chi connectivity index (χ1v) is 9.61. The van der Waals surface area contributed by atoms with E-state index in [1.54, 1.807) is 0 Å². The van der Waals surface area contributed by atoms with Crippen molar-refractivity contribution >= 4 is 11.9 Å². The summed E-state index contributed by atoms with van der Waals surface area (Å²) in [5.74, 6) is 0.672. The first-order valence-electron chi connectivity index (χ1n) is 9.61. The number of aliphatic hydroxyl groups is 1. The summed E-state index contributed by atoms with van der Waals surface area (Å²) >= 11 is 0. The fourth-order valence-corrected chi connectivity index (χ4v) is 6.45.